The summed E-state index contributed by atoms with van der Waals surface area (Å²) in [5.74, 6) is -0.719. The number of rotatable bonds is 9. The van der Waals surface area contributed by atoms with Gasteiger partial charge >= 0.3 is 0 Å². The van der Waals surface area contributed by atoms with Crippen molar-refractivity contribution in [2.24, 2.45) is 0 Å². The van der Waals surface area contributed by atoms with Crippen LogP contribution in [0.4, 0.5) is 5.69 Å². The van der Waals surface area contributed by atoms with E-state index in [2.05, 4.69) is 10.2 Å². The van der Waals surface area contributed by atoms with Crippen LogP contribution in [0.25, 0.3) is 11.1 Å². The fourth-order valence-electron chi connectivity index (χ4n) is 3.33. The second-order valence-corrected chi connectivity index (χ2v) is 7.85. The van der Waals surface area contributed by atoms with Crippen molar-refractivity contribution < 1.29 is 24.8 Å². The third-order valence-corrected chi connectivity index (χ3v) is 5.30. The maximum atomic E-state index is 12.4. The van der Waals surface area contributed by atoms with Gasteiger partial charge in [-0.05, 0) is 47.9 Å². The van der Waals surface area contributed by atoms with Crippen molar-refractivity contribution in [3.8, 4) is 16.9 Å². The second kappa shape index (κ2) is 10.9. The van der Waals surface area contributed by atoms with Gasteiger partial charge < -0.3 is 10.4 Å². The fourth-order valence-corrected chi connectivity index (χ4v) is 3.49. The quantitative estimate of drug-likeness (QED) is 0.204. The molecule has 1 unspecified atom stereocenters. The molecule has 1 amide bonds. The smallest absolute Gasteiger partial charge is 0.259 e. The van der Waals surface area contributed by atoms with Gasteiger partial charge in [0.25, 0.3) is 5.91 Å². The van der Waals surface area contributed by atoms with Gasteiger partial charge in [-0.3, -0.25) is 14.8 Å². The summed E-state index contributed by atoms with van der Waals surface area (Å²) in [4.78, 5) is 29.1. The molecule has 3 aromatic rings. The number of aromatic hydroxyl groups is 1. The topological polar surface area (TPSA) is 95.9 Å². The molecule has 3 aromatic carbocycles. The lowest BCUT2D eigenvalue weighted by atomic mass is 9.99. The number of carbonyl (C=O) groups is 2. The van der Waals surface area contributed by atoms with Crippen LogP contribution in [0.5, 0.6) is 5.75 Å². The SMILES string of the molecule is CCCC(CC(=O)c1ccc(-c2ccc(NC(=O)c3ccc(Cl)cc3O)cc2)cc1)OO. The average molecular weight is 454 g/mol. The number of amides is 1. The highest BCUT2D eigenvalue weighted by molar-refractivity contribution is 6.31. The molecule has 3 N–H and O–H groups in total. The number of hydrogen-bond acceptors (Lipinski definition) is 5. The number of carbonyl (C=O) groups excluding carboxylic acids is 2. The summed E-state index contributed by atoms with van der Waals surface area (Å²) in [6.07, 6.45) is 1.06. The molecule has 0 radical (unpaired) electrons. The summed E-state index contributed by atoms with van der Waals surface area (Å²) in [5, 5.41) is 21.9. The summed E-state index contributed by atoms with van der Waals surface area (Å²) < 4.78 is 0. The third kappa shape index (κ3) is 5.95. The number of nitrogens with one attached hydrogen (secondary N) is 1. The van der Waals surface area contributed by atoms with E-state index in [9.17, 15) is 14.7 Å². The van der Waals surface area contributed by atoms with Gasteiger partial charge in [-0.15, -0.1) is 0 Å². The molecule has 1 atom stereocenters. The first-order valence-corrected chi connectivity index (χ1v) is 10.6. The highest BCUT2D eigenvalue weighted by Crippen LogP contribution is 2.25. The van der Waals surface area contributed by atoms with Gasteiger partial charge in [0.05, 0.1) is 11.7 Å². The minimum atomic E-state index is -0.496. The number of phenols is 1. The Morgan fingerprint density at radius 1 is 1.00 bits per heavy atom. The molecule has 0 aromatic heterocycles. The molecular formula is C25H24ClNO5. The van der Waals surface area contributed by atoms with E-state index in [-0.39, 0.29) is 23.5 Å². The summed E-state index contributed by atoms with van der Waals surface area (Å²) in [5.41, 5.74) is 3.09. The van der Waals surface area contributed by atoms with Gasteiger partial charge in [-0.1, -0.05) is 61.3 Å². The molecule has 6 nitrogen and oxygen atoms in total. The molecule has 0 spiro atoms. The van der Waals surface area contributed by atoms with E-state index >= 15 is 0 Å². The predicted octanol–water partition coefficient (Wildman–Crippen LogP) is 6.20. The van der Waals surface area contributed by atoms with E-state index in [1.165, 1.54) is 18.2 Å². The van der Waals surface area contributed by atoms with Gasteiger partial charge in [0, 0.05) is 22.7 Å². The molecule has 0 aliphatic carbocycles. The number of benzene rings is 3. The van der Waals surface area contributed by atoms with Crippen molar-refractivity contribution >= 4 is 29.0 Å². The highest BCUT2D eigenvalue weighted by Gasteiger charge is 2.16. The van der Waals surface area contributed by atoms with Crippen LogP contribution in [0.2, 0.25) is 5.02 Å². The number of Topliss-reactive ketones (excluding diaryl/α,β-unsaturated/α-hetero) is 1. The van der Waals surface area contributed by atoms with E-state index in [0.29, 0.717) is 22.7 Å². The number of ketones is 1. The van der Waals surface area contributed by atoms with Gasteiger partial charge in [-0.2, -0.15) is 0 Å². The van der Waals surface area contributed by atoms with Crippen LogP contribution in [-0.4, -0.2) is 28.2 Å². The van der Waals surface area contributed by atoms with E-state index < -0.39 is 12.0 Å². The molecule has 0 saturated heterocycles. The first-order chi connectivity index (χ1) is 15.4. The molecule has 166 valence electrons. The Morgan fingerprint density at radius 2 is 1.62 bits per heavy atom. The molecule has 0 heterocycles. The normalized spacial score (nSPS) is 11.7. The molecule has 0 bridgehead atoms. The highest BCUT2D eigenvalue weighted by atomic mass is 35.5. The molecular weight excluding hydrogens is 430 g/mol. The zero-order valence-electron chi connectivity index (χ0n) is 17.5. The van der Waals surface area contributed by atoms with Crippen molar-refractivity contribution in [3.63, 3.8) is 0 Å². The maximum Gasteiger partial charge on any atom is 0.259 e. The van der Waals surface area contributed by atoms with E-state index in [4.69, 9.17) is 16.9 Å². The van der Waals surface area contributed by atoms with Crippen LogP contribution in [-0.2, 0) is 4.89 Å². The van der Waals surface area contributed by atoms with Crippen molar-refractivity contribution in [1.82, 2.24) is 0 Å². The van der Waals surface area contributed by atoms with Crippen molar-refractivity contribution in [2.45, 2.75) is 32.3 Å². The van der Waals surface area contributed by atoms with Gasteiger partial charge in [-0.25, -0.2) is 4.89 Å². The molecule has 0 aliphatic rings. The first kappa shape index (κ1) is 23.5. The Hall–Kier alpha value is -3.19. The maximum absolute atomic E-state index is 12.4. The van der Waals surface area contributed by atoms with E-state index in [1.54, 1.807) is 24.3 Å². The number of hydrogen-bond donors (Lipinski definition) is 3. The lowest BCUT2D eigenvalue weighted by Crippen LogP contribution is -2.16. The molecule has 0 saturated carbocycles. The summed E-state index contributed by atoms with van der Waals surface area (Å²) in [7, 11) is 0. The molecule has 7 heteroatoms. The first-order valence-electron chi connectivity index (χ1n) is 10.2. The number of halogens is 1. The van der Waals surface area contributed by atoms with E-state index in [1.807, 2.05) is 31.2 Å². The average Bonchev–Trinajstić information content (AvgIpc) is 2.79. The van der Waals surface area contributed by atoms with Crippen LogP contribution in [0, 0.1) is 0 Å². The van der Waals surface area contributed by atoms with Gasteiger partial charge in [0.2, 0.25) is 0 Å². The minimum absolute atomic E-state index is 0.0902. The zero-order valence-corrected chi connectivity index (χ0v) is 18.3. The Morgan fingerprint density at radius 3 is 2.19 bits per heavy atom. The predicted molar refractivity (Wildman–Crippen MR) is 124 cm³/mol. The van der Waals surface area contributed by atoms with Crippen LogP contribution < -0.4 is 5.32 Å². The Kier molecular flexibility index (Phi) is 8.00. The van der Waals surface area contributed by atoms with Crippen LogP contribution in [0.15, 0.2) is 66.7 Å². The molecule has 0 fully saturated rings. The summed E-state index contributed by atoms with van der Waals surface area (Å²) in [6, 6.07) is 18.7. The largest absolute Gasteiger partial charge is 0.507 e. The van der Waals surface area contributed by atoms with E-state index in [0.717, 1.165) is 17.5 Å². The zero-order chi connectivity index (χ0) is 23.1. The second-order valence-electron chi connectivity index (χ2n) is 7.41. The lowest BCUT2D eigenvalue weighted by Gasteiger charge is -2.11. The molecule has 0 aliphatic heterocycles. The third-order valence-electron chi connectivity index (χ3n) is 5.06. The van der Waals surface area contributed by atoms with Crippen LogP contribution in [0.3, 0.4) is 0 Å². The fraction of sp³-hybridized carbons (Fsp3) is 0.200. The lowest BCUT2D eigenvalue weighted by molar-refractivity contribution is -0.278. The monoisotopic (exact) mass is 453 g/mol. The number of anilines is 1. The standard InChI is InChI=1S/C25H24ClNO5/c1-2-3-21(32-31)15-23(28)18-6-4-16(5-7-18)17-8-11-20(12-9-17)27-25(30)22-13-10-19(26)14-24(22)29/h4-14,21,29,31H,2-3,15H2,1H3,(H,27,30). The Balaban J connectivity index is 1.65. The van der Waals surface area contributed by atoms with Crippen molar-refractivity contribution in [3.05, 3.63) is 82.9 Å². The Labute approximate surface area is 191 Å². The van der Waals surface area contributed by atoms with Crippen molar-refractivity contribution in [2.75, 3.05) is 5.32 Å². The summed E-state index contributed by atoms with van der Waals surface area (Å²) >= 11 is 5.80. The Bertz CT molecular complexity index is 1080. The molecule has 3 rings (SSSR count). The minimum Gasteiger partial charge on any atom is -0.507 e. The number of phenolic OH excluding ortho intramolecular Hbond substituents is 1. The summed E-state index contributed by atoms with van der Waals surface area (Å²) in [6.45, 7) is 1.96. The van der Waals surface area contributed by atoms with Gasteiger partial charge in [0.15, 0.2) is 5.78 Å². The van der Waals surface area contributed by atoms with Crippen LogP contribution >= 0.6 is 11.6 Å². The van der Waals surface area contributed by atoms with Crippen LogP contribution in [0.1, 0.15) is 46.9 Å². The van der Waals surface area contributed by atoms with Gasteiger partial charge in [0.1, 0.15) is 5.75 Å². The van der Waals surface area contributed by atoms with Crippen molar-refractivity contribution in [1.29, 1.82) is 0 Å². The molecule has 32 heavy (non-hydrogen) atoms.